The lowest BCUT2D eigenvalue weighted by molar-refractivity contribution is -0.508. The molecule has 0 aromatic carbocycles. The van der Waals surface area contributed by atoms with Gasteiger partial charge in [0.25, 0.3) is 0 Å². The van der Waals surface area contributed by atoms with Gasteiger partial charge in [-0.25, -0.2) is 4.99 Å². The van der Waals surface area contributed by atoms with E-state index in [2.05, 4.69) is 10.3 Å². The standard InChI is InChI=1S/C17H25N3O5S/c1-13-6-7-15(20(22)23)9-12-26-17(18-13)19-16(21)14(8-11-25-3)5-4-10-24-2/h4,6,8-12,14-16,21H,5,7H2,1-3H3,(H,18,19)/b10-4+,11-8+,12-9+,13-6+. The minimum atomic E-state index is -0.928. The summed E-state index contributed by atoms with van der Waals surface area (Å²) in [6.07, 6.45) is 9.67. The van der Waals surface area contributed by atoms with Crippen LogP contribution in [-0.4, -0.2) is 41.7 Å². The summed E-state index contributed by atoms with van der Waals surface area (Å²) in [5.74, 6) is -0.280. The first-order valence-electron chi connectivity index (χ1n) is 8.02. The van der Waals surface area contributed by atoms with Gasteiger partial charge in [0.2, 0.25) is 6.04 Å². The fraction of sp³-hybridized carbons (Fsp3) is 0.471. The summed E-state index contributed by atoms with van der Waals surface area (Å²) in [5, 5.41) is 26.5. The molecule has 0 spiro atoms. The third-order valence-electron chi connectivity index (χ3n) is 3.46. The summed E-state index contributed by atoms with van der Waals surface area (Å²) in [4.78, 5) is 15.1. The van der Waals surface area contributed by atoms with Crippen molar-refractivity contribution in [3.63, 3.8) is 0 Å². The van der Waals surface area contributed by atoms with Crippen LogP contribution in [0, 0.1) is 16.0 Å². The van der Waals surface area contributed by atoms with Crippen LogP contribution in [0.1, 0.15) is 19.8 Å². The molecule has 3 unspecified atom stereocenters. The number of aliphatic hydroxyl groups excluding tert-OH is 1. The van der Waals surface area contributed by atoms with Crippen molar-refractivity contribution >= 4 is 16.9 Å². The van der Waals surface area contributed by atoms with Gasteiger partial charge in [0.1, 0.15) is 6.23 Å². The van der Waals surface area contributed by atoms with E-state index in [4.69, 9.17) is 9.47 Å². The first kappa shape index (κ1) is 21.8. The number of nitrogens with one attached hydrogen (secondary N) is 1. The molecule has 9 heteroatoms. The van der Waals surface area contributed by atoms with E-state index in [0.717, 1.165) is 0 Å². The van der Waals surface area contributed by atoms with Crippen LogP contribution in [0.25, 0.3) is 0 Å². The van der Waals surface area contributed by atoms with Crippen LogP contribution >= 0.6 is 11.8 Å². The number of rotatable bonds is 8. The Balaban J connectivity index is 2.85. The molecule has 0 saturated carbocycles. The molecule has 8 nitrogen and oxygen atoms in total. The molecule has 0 fully saturated rings. The zero-order valence-corrected chi connectivity index (χ0v) is 15.9. The smallest absolute Gasteiger partial charge is 0.235 e. The maximum Gasteiger partial charge on any atom is 0.235 e. The number of nitro groups is 1. The maximum absolute atomic E-state index is 11.0. The third kappa shape index (κ3) is 8.21. The Bertz CT molecular complexity index is 601. The van der Waals surface area contributed by atoms with Crippen molar-refractivity contribution < 1.29 is 19.5 Å². The molecule has 26 heavy (non-hydrogen) atoms. The van der Waals surface area contributed by atoms with E-state index in [0.29, 0.717) is 17.3 Å². The predicted octanol–water partition coefficient (Wildman–Crippen LogP) is 2.78. The average molecular weight is 383 g/mol. The molecule has 0 radical (unpaired) electrons. The van der Waals surface area contributed by atoms with Gasteiger partial charge in [0, 0.05) is 23.0 Å². The van der Waals surface area contributed by atoms with Gasteiger partial charge < -0.3 is 19.9 Å². The summed E-state index contributed by atoms with van der Waals surface area (Å²) in [7, 11) is 3.08. The van der Waals surface area contributed by atoms with Gasteiger partial charge in [-0.3, -0.25) is 10.1 Å². The molecule has 1 heterocycles. The van der Waals surface area contributed by atoms with Gasteiger partial charge >= 0.3 is 0 Å². The Morgan fingerprint density at radius 2 is 2.23 bits per heavy atom. The summed E-state index contributed by atoms with van der Waals surface area (Å²) in [6, 6.07) is -0.784. The number of amidine groups is 1. The number of hydrogen-bond donors (Lipinski definition) is 2. The second kappa shape index (κ2) is 12.2. The van der Waals surface area contributed by atoms with E-state index in [1.165, 1.54) is 31.2 Å². The fourth-order valence-corrected chi connectivity index (χ4v) is 2.83. The molecular formula is C17H25N3O5S. The van der Waals surface area contributed by atoms with Crippen LogP contribution in [0.2, 0.25) is 0 Å². The Labute approximate surface area is 157 Å². The van der Waals surface area contributed by atoms with Crippen molar-refractivity contribution in [3.05, 3.63) is 58.0 Å². The minimum absolute atomic E-state index is 0.274. The third-order valence-corrected chi connectivity index (χ3v) is 4.19. The van der Waals surface area contributed by atoms with Crippen molar-refractivity contribution in [1.29, 1.82) is 0 Å². The van der Waals surface area contributed by atoms with Crippen molar-refractivity contribution in [2.45, 2.75) is 32.0 Å². The van der Waals surface area contributed by atoms with Gasteiger partial charge in [-0.1, -0.05) is 17.8 Å². The van der Waals surface area contributed by atoms with Crippen molar-refractivity contribution in [2.75, 3.05) is 14.2 Å². The lowest BCUT2D eigenvalue weighted by atomic mass is 10.0. The van der Waals surface area contributed by atoms with E-state index >= 15 is 0 Å². The number of methoxy groups -OCH3 is 2. The zero-order valence-electron chi connectivity index (χ0n) is 15.1. The highest BCUT2D eigenvalue weighted by Gasteiger charge is 2.19. The first-order chi connectivity index (χ1) is 12.5. The summed E-state index contributed by atoms with van der Waals surface area (Å²) >= 11 is 1.19. The quantitative estimate of drug-likeness (QED) is 0.287. The second-order valence-corrected chi connectivity index (χ2v) is 6.35. The molecular weight excluding hydrogens is 358 g/mol. The molecule has 1 rings (SSSR count). The lowest BCUT2D eigenvalue weighted by Gasteiger charge is -2.21. The summed E-state index contributed by atoms with van der Waals surface area (Å²) < 4.78 is 9.81. The van der Waals surface area contributed by atoms with Gasteiger partial charge in [0.05, 0.1) is 26.7 Å². The normalized spacial score (nSPS) is 25.8. The van der Waals surface area contributed by atoms with Crippen molar-refractivity contribution in [1.82, 2.24) is 5.32 Å². The van der Waals surface area contributed by atoms with Crippen LogP contribution in [0.5, 0.6) is 0 Å². The molecule has 0 saturated heterocycles. The first-order valence-corrected chi connectivity index (χ1v) is 8.90. The molecule has 0 bridgehead atoms. The molecule has 3 atom stereocenters. The van der Waals surface area contributed by atoms with Crippen LogP contribution in [0.3, 0.4) is 0 Å². The number of allylic oxidation sites excluding steroid dienone is 2. The molecule has 1 aliphatic heterocycles. The van der Waals surface area contributed by atoms with Gasteiger partial charge in [-0.15, -0.1) is 0 Å². The number of ether oxygens (including phenoxy) is 2. The fourth-order valence-electron chi connectivity index (χ4n) is 2.05. The van der Waals surface area contributed by atoms with Crippen LogP contribution < -0.4 is 5.32 Å². The number of hydrogen-bond acceptors (Lipinski definition) is 8. The van der Waals surface area contributed by atoms with E-state index in [-0.39, 0.29) is 17.3 Å². The van der Waals surface area contributed by atoms with E-state index in [9.17, 15) is 15.2 Å². The Hall–Kier alpha value is -2.26. The molecule has 2 N–H and O–H groups in total. The number of aliphatic imine (C=N–C) groups is 1. The van der Waals surface area contributed by atoms with Gasteiger partial charge in [0.15, 0.2) is 5.17 Å². The highest BCUT2D eigenvalue weighted by molar-refractivity contribution is 8.16. The zero-order chi connectivity index (χ0) is 19.4. The minimum Gasteiger partial charge on any atom is -0.505 e. The lowest BCUT2D eigenvalue weighted by Crippen LogP contribution is -2.38. The monoisotopic (exact) mass is 383 g/mol. The SMILES string of the molecule is CO/C=C/CC(/C=C/OC)C(O)N/C1=N/C(C)=C/CC([N+](=O)[O-])/C=C/S1. The highest BCUT2D eigenvalue weighted by Crippen LogP contribution is 2.17. The molecule has 0 aromatic heterocycles. The number of aliphatic hydroxyl groups is 1. The largest absolute Gasteiger partial charge is 0.505 e. The molecule has 0 aromatic rings. The van der Waals surface area contributed by atoms with E-state index in [1.54, 1.807) is 43.9 Å². The van der Waals surface area contributed by atoms with E-state index in [1.807, 2.05) is 0 Å². The second-order valence-electron chi connectivity index (χ2n) is 5.46. The molecule has 0 amide bonds. The molecule has 144 valence electrons. The summed E-state index contributed by atoms with van der Waals surface area (Å²) in [5.41, 5.74) is 0.644. The highest BCUT2D eigenvalue weighted by atomic mass is 32.2. The number of nitrogens with zero attached hydrogens (tertiary/aromatic N) is 2. The van der Waals surface area contributed by atoms with Crippen molar-refractivity contribution in [3.8, 4) is 0 Å². The van der Waals surface area contributed by atoms with Gasteiger partial charge in [-0.05, 0) is 37.0 Å². The van der Waals surface area contributed by atoms with Gasteiger partial charge in [-0.2, -0.15) is 0 Å². The van der Waals surface area contributed by atoms with Crippen molar-refractivity contribution in [2.24, 2.45) is 10.9 Å². The summed E-state index contributed by atoms with van der Waals surface area (Å²) in [6.45, 7) is 1.76. The Morgan fingerprint density at radius 1 is 1.50 bits per heavy atom. The predicted molar refractivity (Wildman–Crippen MR) is 103 cm³/mol. The van der Waals surface area contributed by atoms with E-state index < -0.39 is 12.3 Å². The number of thioether (sulfide) groups is 1. The van der Waals surface area contributed by atoms with Crippen LogP contribution in [-0.2, 0) is 9.47 Å². The topological polar surface area (TPSA) is 106 Å². The van der Waals surface area contributed by atoms with Crippen LogP contribution in [0.15, 0.2) is 52.9 Å². The molecule has 0 aliphatic carbocycles. The van der Waals surface area contributed by atoms with Crippen LogP contribution in [0.4, 0.5) is 0 Å². The average Bonchev–Trinajstić information content (AvgIpc) is 2.68. The Kier molecular flexibility index (Phi) is 10.2. The maximum atomic E-state index is 11.0. The molecule has 1 aliphatic rings. The Morgan fingerprint density at radius 3 is 2.88 bits per heavy atom.